The molecule has 0 saturated carbocycles. The SMILES string of the molecule is O=C(O)Cc1ccccc1Oc1nccc(C(F)(F)F)n1. The summed E-state index contributed by atoms with van der Waals surface area (Å²) in [6.45, 7) is 0. The molecular formula is C13H9F3N2O3. The van der Waals surface area contributed by atoms with E-state index < -0.39 is 23.8 Å². The molecule has 2 aromatic rings. The predicted molar refractivity (Wildman–Crippen MR) is 64.9 cm³/mol. The number of rotatable bonds is 4. The van der Waals surface area contributed by atoms with E-state index in [1.54, 1.807) is 12.1 Å². The van der Waals surface area contributed by atoms with Gasteiger partial charge < -0.3 is 9.84 Å². The summed E-state index contributed by atoms with van der Waals surface area (Å²) in [4.78, 5) is 17.6. The molecular weight excluding hydrogens is 289 g/mol. The molecule has 21 heavy (non-hydrogen) atoms. The largest absolute Gasteiger partial charge is 0.481 e. The van der Waals surface area contributed by atoms with E-state index in [1.165, 1.54) is 12.1 Å². The molecule has 0 atom stereocenters. The first-order valence-electron chi connectivity index (χ1n) is 5.74. The Labute approximate surface area is 117 Å². The smallest absolute Gasteiger partial charge is 0.433 e. The van der Waals surface area contributed by atoms with Gasteiger partial charge in [0, 0.05) is 11.8 Å². The van der Waals surface area contributed by atoms with Gasteiger partial charge in [-0.15, -0.1) is 0 Å². The first-order chi connectivity index (χ1) is 9.86. The number of aliphatic carboxylic acids is 1. The van der Waals surface area contributed by atoms with Gasteiger partial charge in [0.1, 0.15) is 5.75 Å². The van der Waals surface area contributed by atoms with Crippen LogP contribution in [0.2, 0.25) is 0 Å². The van der Waals surface area contributed by atoms with Gasteiger partial charge in [0.05, 0.1) is 6.42 Å². The molecule has 0 spiro atoms. The summed E-state index contributed by atoms with van der Waals surface area (Å²) in [5.41, 5.74) is -0.825. The summed E-state index contributed by atoms with van der Waals surface area (Å²) in [5, 5.41) is 8.77. The molecule has 1 aromatic heterocycles. The molecule has 0 aliphatic carbocycles. The van der Waals surface area contributed by atoms with Gasteiger partial charge in [-0.1, -0.05) is 18.2 Å². The third kappa shape index (κ3) is 3.91. The molecule has 2 rings (SSSR count). The lowest BCUT2D eigenvalue weighted by Gasteiger charge is -2.10. The summed E-state index contributed by atoms with van der Waals surface area (Å²) < 4.78 is 42.8. The van der Waals surface area contributed by atoms with Crippen molar-refractivity contribution in [2.75, 3.05) is 0 Å². The average Bonchev–Trinajstić information content (AvgIpc) is 2.40. The van der Waals surface area contributed by atoms with Crippen molar-refractivity contribution in [3.63, 3.8) is 0 Å². The van der Waals surface area contributed by atoms with Crippen molar-refractivity contribution in [3.05, 3.63) is 47.8 Å². The van der Waals surface area contributed by atoms with Gasteiger partial charge in [0.25, 0.3) is 0 Å². The van der Waals surface area contributed by atoms with Crippen LogP contribution in [-0.2, 0) is 17.4 Å². The molecule has 1 N–H and O–H groups in total. The molecule has 110 valence electrons. The Hall–Kier alpha value is -2.64. The number of hydrogen-bond acceptors (Lipinski definition) is 4. The Morgan fingerprint density at radius 1 is 1.24 bits per heavy atom. The van der Waals surface area contributed by atoms with Gasteiger partial charge in [-0.2, -0.15) is 18.2 Å². The quantitative estimate of drug-likeness (QED) is 0.939. The van der Waals surface area contributed by atoms with Gasteiger partial charge in [0.2, 0.25) is 0 Å². The molecule has 0 amide bonds. The summed E-state index contributed by atoms with van der Waals surface area (Å²) in [6, 6.07) is 6.31. The average molecular weight is 298 g/mol. The highest BCUT2D eigenvalue weighted by Crippen LogP contribution is 2.29. The highest BCUT2D eigenvalue weighted by Gasteiger charge is 2.33. The van der Waals surface area contributed by atoms with Crippen molar-refractivity contribution in [1.82, 2.24) is 9.97 Å². The normalized spacial score (nSPS) is 11.2. The molecule has 0 aliphatic heterocycles. The van der Waals surface area contributed by atoms with Crippen molar-refractivity contribution >= 4 is 5.97 Å². The van der Waals surface area contributed by atoms with E-state index >= 15 is 0 Å². The van der Waals surface area contributed by atoms with Crippen molar-refractivity contribution in [2.45, 2.75) is 12.6 Å². The zero-order valence-corrected chi connectivity index (χ0v) is 10.5. The maximum atomic E-state index is 12.5. The van der Waals surface area contributed by atoms with E-state index in [0.29, 0.717) is 5.56 Å². The maximum Gasteiger partial charge on any atom is 0.433 e. The molecule has 0 saturated heterocycles. The highest BCUT2D eigenvalue weighted by molar-refractivity contribution is 5.71. The summed E-state index contributed by atoms with van der Waals surface area (Å²) in [7, 11) is 0. The van der Waals surface area contributed by atoms with E-state index in [1.807, 2.05) is 0 Å². The molecule has 0 aliphatic rings. The highest BCUT2D eigenvalue weighted by atomic mass is 19.4. The van der Waals surface area contributed by atoms with Gasteiger partial charge in [-0.25, -0.2) is 4.98 Å². The molecule has 0 fully saturated rings. The van der Waals surface area contributed by atoms with E-state index in [-0.39, 0.29) is 12.2 Å². The van der Waals surface area contributed by atoms with Crippen molar-refractivity contribution in [2.24, 2.45) is 0 Å². The first kappa shape index (κ1) is 14.8. The lowest BCUT2D eigenvalue weighted by atomic mass is 10.1. The number of halogens is 3. The number of ether oxygens (including phenoxy) is 1. The van der Waals surface area contributed by atoms with Gasteiger partial charge in [-0.3, -0.25) is 4.79 Å². The van der Waals surface area contributed by atoms with Crippen LogP contribution in [0.25, 0.3) is 0 Å². The zero-order valence-electron chi connectivity index (χ0n) is 10.5. The van der Waals surface area contributed by atoms with Crippen molar-refractivity contribution in [3.8, 4) is 11.8 Å². The second kappa shape index (κ2) is 5.78. The Morgan fingerprint density at radius 2 is 1.95 bits per heavy atom. The topological polar surface area (TPSA) is 72.3 Å². The standard InChI is InChI=1S/C13H9F3N2O3/c14-13(15,16)10-5-6-17-12(18-10)21-9-4-2-1-3-8(9)7-11(19)20/h1-6H,7H2,(H,19,20). The predicted octanol–water partition coefficient (Wildman–Crippen LogP) is 2.91. The van der Waals surface area contributed by atoms with Crippen LogP contribution in [0, 0.1) is 0 Å². The summed E-state index contributed by atoms with van der Waals surface area (Å²) in [6.07, 6.45) is -4.01. The van der Waals surface area contributed by atoms with Crippen LogP contribution in [0.5, 0.6) is 11.8 Å². The van der Waals surface area contributed by atoms with Crippen molar-refractivity contribution in [1.29, 1.82) is 0 Å². The minimum Gasteiger partial charge on any atom is -0.481 e. The van der Waals surface area contributed by atoms with E-state index in [4.69, 9.17) is 9.84 Å². The van der Waals surface area contributed by atoms with Crippen LogP contribution in [0.1, 0.15) is 11.3 Å². The lowest BCUT2D eigenvalue weighted by Crippen LogP contribution is -2.09. The Morgan fingerprint density at radius 3 is 2.62 bits per heavy atom. The number of benzene rings is 1. The molecule has 1 heterocycles. The molecule has 1 aromatic carbocycles. The molecule has 5 nitrogen and oxygen atoms in total. The third-order valence-corrected chi connectivity index (χ3v) is 2.44. The number of aromatic nitrogens is 2. The van der Waals surface area contributed by atoms with E-state index in [2.05, 4.69) is 9.97 Å². The van der Waals surface area contributed by atoms with Crippen molar-refractivity contribution < 1.29 is 27.8 Å². The fourth-order valence-electron chi connectivity index (χ4n) is 1.56. The minimum atomic E-state index is -4.61. The van der Waals surface area contributed by atoms with Crippen LogP contribution in [-0.4, -0.2) is 21.0 Å². The van der Waals surface area contributed by atoms with Crippen LogP contribution >= 0.6 is 0 Å². The Balaban J connectivity index is 2.28. The van der Waals surface area contributed by atoms with Gasteiger partial charge >= 0.3 is 18.2 Å². The fraction of sp³-hybridized carbons (Fsp3) is 0.154. The van der Waals surface area contributed by atoms with Crippen LogP contribution in [0.4, 0.5) is 13.2 Å². The van der Waals surface area contributed by atoms with Gasteiger partial charge in [-0.05, 0) is 12.1 Å². The Kier molecular flexibility index (Phi) is 4.06. The first-order valence-corrected chi connectivity index (χ1v) is 5.74. The van der Waals surface area contributed by atoms with Crippen LogP contribution < -0.4 is 4.74 Å². The zero-order chi connectivity index (χ0) is 15.5. The number of nitrogens with zero attached hydrogens (tertiary/aromatic N) is 2. The van der Waals surface area contributed by atoms with Gasteiger partial charge in [0.15, 0.2) is 5.69 Å². The van der Waals surface area contributed by atoms with Crippen LogP contribution in [0.3, 0.4) is 0 Å². The lowest BCUT2D eigenvalue weighted by molar-refractivity contribution is -0.141. The number of alkyl halides is 3. The molecule has 0 radical (unpaired) electrons. The number of para-hydroxylation sites is 1. The number of hydrogen-bond donors (Lipinski definition) is 1. The molecule has 0 bridgehead atoms. The second-order valence-corrected chi connectivity index (χ2v) is 4.00. The maximum absolute atomic E-state index is 12.5. The summed E-state index contributed by atoms with van der Waals surface area (Å²) in [5.74, 6) is -0.991. The van der Waals surface area contributed by atoms with E-state index in [9.17, 15) is 18.0 Å². The minimum absolute atomic E-state index is 0.0965. The third-order valence-electron chi connectivity index (χ3n) is 2.44. The Bertz CT molecular complexity index is 659. The number of carboxylic acids is 1. The fourth-order valence-corrected chi connectivity index (χ4v) is 1.56. The van der Waals surface area contributed by atoms with Crippen LogP contribution in [0.15, 0.2) is 36.5 Å². The molecule has 0 unspecified atom stereocenters. The number of carboxylic acid groups (broad SMARTS) is 1. The molecule has 8 heteroatoms. The monoisotopic (exact) mass is 298 g/mol. The number of carbonyl (C=O) groups is 1. The second-order valence-electron chi connectivity index (χ2n) is 4.00. The summed E-state index contributed by atoms with van der Waals surface area (Å²) >= 11 is 0. The van der Waals surface area contributed by atoms with E-state index in [0.717, 1.165) is 12.3 Å².